The van der Waals surface area contributed by atoms with E-state index in [1.807, 2.05) is 0 Å². The van der Waals surface area contributed by atoms with Gasteiger partial charge in [-0.15, -0.1) is 0 Å². The summed E-state index contributed by atoms with van der Waals surface area (Å²) in [4.78, 5) is 21.4. The summed E-state index contributed by atoms with van der Waals surface area (Å²) >= 11 is 0. The van der Waals surface area contributed by atoms with Gasteiger partial charge in [0.15, 0.2) is 12.2 Å². The monoisotopic (exact) mass is 446 g/mol. The van der Waals surface area contributed by atoms with E-state index in [1.165, 1.54) is 0 Å². The zero-order valence-electron chi connectivity index (χ0n) is 14.9. The van der Waals surface area contributed by atoms with Crippen molar-refractivity contribution in [3.63, 3.8) is 0 Å². The van der Waals surface area contributed by atoms with Crippen molar-refractivity contribution in [1.29, 1.82) is 0 Å². The number of unbranched alkanes of at least 4 members (excludes halogenated alkanes) is 3. The van der Waals surface area contributed by atoms with Crippen molar-refractivity contribution >= 4 is 32.5 Å². The summed E-state index contributed by atoms with van der Waals surface area (Å²) < 4.78 is 74.8. The third-order valence-electron chi connectivity index (χ3n) is 3.71. The van der Waals surface area contributed by atoms with Gasteiger partial charge in [-0.05, 0) is 12.8 Å². The van der Waals surface area contributed by atoms with Crippen LogP contribution in [0.4, 0.5) is 9.59 Å². The molecule has 162 valence electrons. The first kappa shape index (κ1) is 22.6. The lowest BCUT2D eigenvalue weighted by Crippen LogP contribution is -2.22. The number of hydrogen-bond donors (Lipinski definition) is 0. The van der Waals surface area contributed by atoms with Crippen LogP contribution in [0.15, 0.2) is 0 Å². The molecule has 2 saturated heterocycles. The van der Waals surface area contributed by atoms with E-state index in [2.05, 4.69) is 18.9 Å². The second-order valence-corrected chi connectivity index (χ2v) is 9.63. The third kappa shape index (κ3) is 8.58. The second kappa shape index (κ2) is 10.2. The van der Waals surface area contributed by atoms with Crippen LogP contribution >= 0.6 is 0 Å². The van der Waals surface area contributed by atoms with Gasteiger partial charge in [-0.1, -0.05) is 12.8 Å². The Morgan fingerprint density at radius 3 is 1.43 bits per heavy atom. The average molecular weight is 446 g/mol. The van der Waals surface area contributed by atoms with Crippen LogP contribution in [0.3, 0.4) is 0 Å². The Kier molecular flexibility index (Phi) is 8.27. The smallest absolute Gasteiger partial charge is 0.430 e. The minimum Gasteiger partial charge on any atom is -0.430 e. The molecule has 2 rings (SSSR count). The summed E-state index contributed by atoms with van der Waals surface area (Å²) in [6.45, 7) is -0.710. The SMILES string of the molecule is O=C1OC[C@H](COS(=O)(=O)CCCCCCS(=O)(=O)OC[C@H]2COC(=O)O2)O1. The normalized spacial score (nSPS) is 22.4. The maximum Gasteiger partial charge on any atom is 0.508 e. The molecule has 0 radical (unpaired) electrons. The molecule has 2 atom stereocenters. The van der Waals surface area contributed by atoms with Crippen molar-refractivity contribution < 1.29 is 53.7 Å². The number of ether oxygens (including phenoxy) is 4. The van der Waals surface area contributed by atoms with Crippen molar-refractivity contribution in [2.45, 2.75) is 37.9 Å². The van der Waals surface area contributed by atoms with Crippen LogP contribution in [-0.4, -0.2) is 79.3 Å². The van der Waals surface area contributed by atoms with E-state index in [1.54, 1.807) is 0 Å². The number of carbonyl (C=O) groups is 2. The lowest BCUT2D eigenvalue weighted by Gasteiger charge is -2.09. The fraction of sp³-hybridized carbons (Fsp3) is 0.857. The van der Waals surface area contributed by atoms with Crippen molar-refractivity contribution in [1.82, 2.24) is 0 Å². The number of cyclic esters (lactones) is 4. The van der Waals surface area contributed by atoms with Crippen LogP contribution in [0, 0.1) is 0 Å². The molecular formula is C14H22O12S2. The molecule has 0 N–H and O–H groups in total. The zero-order chi connectivity index (χ0) is 20.6. The number of hydrogen-bond acceptors (Lipinski definition) is 12. The Bertz CT molecular complexity index is 680. The Morgan fingerprint density at radius 2 is 1.11 bits per heavy atom. The van der Waals surface area contributed by atoms with E-state index in [0.717, 1.165) is 0 Å². The fourth-order valence-corrected chi connectivity index (χ4v) is 4.35. The molecule has 0 bridgehead atoms. The Labute approximate surface area is 162 Å². The van der Waals surface area contributed by atoms with Crippen molar-refractivity contribution in [3.05, 3.63) is 0 Å². The van der Waals surface area contributed by atoms with Crippen LogP contribution in [-0.2, 0) is 47.5 Å². The highest BCUT2D eigenvalue weighted by atomic mass is 32.2. The Balaban J connectivity index is 1.51. The first-order valence-electron chi connectivity index (χ1n) is 8.56. The summed E-state index contributed by atoms with van der Waals surface area (Å²) in [5.41, 5.74) is 0. The van der Waals surface area contributed by atoms with E-state index in [0.29, 0.717) is 25.7 Å². The third-order valence-corrected chi connectivity index (χ3v) is 6.27. The lowest BCUT2D eigenvalue weighted by molar-refractivity contribution is 0.0991. The van der Waals surface area contributed by atoms with Gasteiger partial charge in [0.2, 0.25) is 0 Å². The molecule has 14 heteroatoms. The van der Waals surface area contributed by atoms with Crippen molar-refractivity contribution in [3.8, 4) is 0 Å². The first-order chi connectivity index (χ1) is 13.2. The van der Waals surface area contributed by atoms with Gasteiger partial charge in [0.25, 0.3) is 20.2 Å². The van der Waals surface area contributed by atoms with E-state index in [9.17, 15) is 26.4 Å². The molecule has 0 aromatic carbocycles. The van der Waals surface area contributed by atoms with Gasteiger partial charge in [0, 0.05) is 0 Å². The van der Waals surface area contributed by atoms with Gasteiger partial charge in [-0.3, -0.25) is 8.37 Å². The van der Waals surface area contributed by atoms with Crippen LogP contribution in [0.2, 0.25) is 0 Å². The maximum absolute atomic E-state index is 11.7. The van der Waals surface area contributed by atoms with Gasteiger partial charge in [-0.25, -0.2) is 9.59 Å². The molecule has 0 amide bonds. The molecule has 0 aromatic heterocycles. The van der Waals surface area contributed by atoms with Crippen LogP contribution in [0.25, 0.3) is 0 Å². The lowest BCUT2D eigenvalue weighted by atomic mass is 10.2. The molecular weight excluding hydrogens is 424 g/mol. The van der Waals surface area contributed by atoms with Crippen molar-refractivity contribution in [2.75, 3.05) is 37.9 Å². The van der Waals surface area contributed by atoms with Crippen LogP contribution < -0.4 is 0 Å². The molecule has 0 spiro atoms. The Hall–Kier alpha value is -1.64. The highest BCUT2D eigenvalue weighted by Gasteiger charge is 2.28. The first-order valence-corrected chi connectivity index (χ1v) is 11.7. The van der Waals surface area contributed by atoms with Crippen LogP contribution in [0.5, 0.6) is 0 Å². The van der Waals surface area contributed by atoms with E-state index in [4.69, 9.17) is 8.37 Å². The number of rotatable bonds is 13. The van der Waals surface area contributed by atoms with E-state index >= 15 is 0 Å². The summed E-state index contributed by atoms with van der Waals surface area (Å²) in [5, 5.41) is 0. The largest absolute Gasteiger partial charge is 0.508 e. The molecule has 0 aliphatic carbocycles. The van der Waals surface area contributed by atoms with E-state index < -0.39 is 44.8 Å². The molecule has 2 aliphatic heterocycles. The van der Waals surface area contributed by atoms with Gasteiger partial charge < -0.3 is 18.9 Å². The second-order valence-electron chi connectivity index (χ2n) is 6.11. The summed E-state index contributed by atoms with van der Waals surface area (Å²) in [6, 6.07) is 0. The molecule has 2 fully saturated rings. The van der Waals surface area contributed by atoms with Gasteiger partial charge in [0.05, 0.1) is 11.5 Å². The van der Waals surface area contributed by atoms with Crippen molar-refractivity contribution in [2.24, 2.45) is 0 Å². The minimum atomic E-state index is -3.77. The van der Waals surface area contributed by atoms with Gasteiger partial charge in [-0.2, -0.15) is 16.8 Å². The predicted octanol–water partition coefficient (Wildman–Crippen LogP) is 0.310. The summed E-state index contributed by atoms with van der Waals surface area (Å²) in [7, 11) is -7.54. The molecule has 12 nitrogen and oxygen atoms in total. The number of carbonyl (C=O) groups excluding carboxylic acids is 2. The van der Waals surface area contributed by atoms with Gasteiger partial charge >= 0.3 is 12.3 Å². The predicted molar refractivity (Wildman–Crippen MR) is 90.4 cm³/mol. The summed E-state index contributed by atoms with van der Waals surface area (Å²) in [5.74, 6) is -0.463. The maximum atomic E-state index is 11.7. The average Bonchev–Trinajstić information content (AvgIpc) is 3.23. The molecule has 0 saturated carbocycles. The molecule has 28 heavy (non-hydrogen) atoms. The molecule has 0 unspecified atom stereocenters. The quantitative estimate of drug-likeness (QED) is 0.217. The summed E-state index contributed by atoms with van der Waals surface area (Å²) in [6.07, 6.45) is -1.66. The minimum absolute atomic E-state index is 0.0545. The van der Waals surface area contributed by atoms with Crippen LogP contribution in [0.1, 0.15) is 25.7 Å². The molecule has 2 heterocycles. The highest BCUT2D eigenvalue weighted by Crippen LogP contribution is 2.12. The zero-order valence-corrected chi connectivity index (χ0v) is 16.6. The Morgan fingerprint density at radius 1 is 0.714 bits per heavy atom. The van der Waals surface area contributed by atoms with E-state index in [-0.39, 0.29) is 37.9 Å². The highest BCUT2D eigenvalue weighted by molar-refractivity contribution is 7.86. The molecule has 2 aliphatic rings. The molecule has 0 aromatic rings. The topological polar surface area (TPSA) is 158 Å². The van der Waals surface area contributed by atoms with Gasteiger partial charge in [0.1, 0.15) is 26.4 Å². The fourth-order valence-electron chi connectivity index (χ4n) is 2.28. The standard InChI is InChI=1S/C14H22O12S2/c15-13-21-7-11(25-13)9-23-27(17,18)5-3-1-2-4-6-28(19,20)24-10-12-8-22-14(16)26-12/h11-12H,1-10H2/t11-,12-/m1/s1.